The highest BCUT2D eigenvalue weighted by Gasteiger charge is 2.09. The molecular formula is C14H11ClFNO2. The summed E-state index contributed by atoms with van der Waals surface area (Å²) in [6.45, 7) is 0.256. The number of hydrogen-bond acceptors (Lipinski definition) is 2. The molecule has 98 valence electrons. The van der Waals surface area contributed by atoms with E-state index in [1.165, 1.54) is 24.3 Å². The zero-order chi connectivity index (χ0) is 13.8. The third-order valence-corrected chi connectivity index (χ3v) is 2.98. The van der Waals surface area contributed by atoms with Gasteiger partial charge in [0.25, 0.3) is 0 Å². The van der Waals surface area contributed by atoms with Crippen LogP contribution in [-0.4, -0.2) is 11.1 Å². The molecule has 0 spiro atoms. The van der Waals surface area contributed by atoms with Crippen molar-refractivity contribution in [2.45, 2.75) is 6.54 Å². The number of carboxylic acid groups (broad SMARTS) is 1. The van der Waals surface area contributed by atoms with Crippen molar-refractivity contribution in [3.63, 3.8) is 0 Å². The highest BCUT2D eigenvalue weighted by Crippen LogP contribution is 2.23. The number of rotatable bonds is 4. The van der Waals surface area contributed by atoms with Gasteiger partial charge in [0.15, 0.2) is 0 Å². The van der Waals surface area contributed by atoms with Gasteiger partial charge in [0.1, 0.15) is 5.82 Å². The van der Waals surface area contributed by atoms with E-state index in [2.05, 4.69) is 5.32 Å². The fourth-order valence-electron chi connectivity index (χ4n) is 1.71. The van der Waals surface area contributed by atoms with E-state index in [1.54, 1.807) is 18.2 Å². The van der Waals surface area contributed by atoms with Crippen molar-refractivity contribution in [2.75, 3.05) is 5.32 Å². The maximum atomic E-state index is 13.1. The lowest BCUT2D eigenvalue weighted by Crippen LogP contribution is -2.07. The van der Waals surface area contributed by atoms with Crippen molar-refractivity contribution in [1.82, 2.24) is 0 Å². The molecule has 0 aliphatic rings. The lowest BCUT2D eigenvalue weighted by Gasteiger charge is -2.10. The summed E-state index contributed by atoms with van der Waals surface area (Å²) in [6.07, 6.45) is 0. The first-order valence-corrected chi connectivity index (χ1v) is 5.96. The van der Waals surface area contributed by atoms with Gasteiger partial charge in [-0.1, -0.05) is 29.8 Å². The Bertz CT molecular complexity index is 616. The molecule has 5 heteroatoms. The van der Waals surface area contributed by atoms with Gasteiger partial charge in [-0.3, -0.25) is 0 Å². The Morgan fingerprint density at radius 2 is 2.00 bits per heavy atom. The Morgan fingerprint density at radius 3 is 2.74 bits per heavy atom. The van der Waals surface area contributed by atoms with E-state index in [0.29, 0.717) is 16.3 Å². The zero-order valence-electron chi connectivity index (χ0n) is 9.86. The number of carboxylic acids is 1. The lowest BCUT2D eigenvalue weighted by atomic mass is 10.1. The van der Waals surface area contributed by atoms with Crippen molar-refractivity contribution < 1.29 is 14.3 Å². The fraction of sp³-hybridized carbons (Fsp3) is 0.0714. The van der Waals surface area contributed by atoms with Gasteiger partial charge in [-0.15, -0.1) is 0 Å². The smallest absolute Gasteiger partial charge is 0.336 e. The maximum Gasteiger partial charge on any atom is 0.336 e. The van der Waals surface area contributed by atoms with Crippen LogP contribution < -0.4 is 5.32 Å². The summed E-state index contributed by atoms with van der Waals surface area (Å²) in [4.78, 5) is 11.0. The average Bonchev–Trinajstić information content (AvgIpc) is 2.40. The Labute approximate surface area is 114 Å². The Morgan fingerprint density at radius 1 is 1.26 bits per heavy atom. The second-order valence-corrected chi connectivity index (χ2v) is 4.35. The van der Waals surface area contributed by atoms with Crippen LogP contribution in [0.1, 0.15) is 15.9 Å². The van der Waals surface area contributed by atoms with E-state index in [9.17, 15) is 9.18 Å². The number of anilines is 1. The van der Waals surface area contributed by atoms with E-state index in [4.69, 9.17) is 16.7 Å². The molecule has 19 heavy (non-hydrogen) atoms. The molecule has 2 rings (SSSR count). The average molecular weight is 280 g/mol. The van der Waals surface area contributed by atoms with E-state index >= 15 is 0 Å². The van der Waals surface area contributed by atoms with Gasteiger partial charge in [-0.05, 0) is 29.8 Å². The zero-order valence-corrected chi connectivity index (χ0v) is 10.6. The molecule has 0 saturated heterocycles. The van der Waals surface area contributed by atoms with Crippen LogP contribution in [0.3, 0.4) is 0 Å². The number of hydrogen-bond donors (Lipinski definition) is 2. The van der Waals surface area contributed by atoms with Crippen LogP contribution in [0.2, 0.25) is 5.02 Å². The van der Waals surface area contributed by atoms with Gasteiger partial charge in [0, 0.05) is 6.54 Å². The Kier molecular flexibility index (Phi) is 4.02. The van der Waals surface area contributed by atoms with E-state index in [-0.39, 0.29) is 12.1 Å². The van der Waals surface area contributed by atoms with Crippen LogP contribution in [0, 0.1) is 5.82 Å². The van der Waals surface area contributed by atoms with E-state index < -0.39 is 11.8 Å². The molecule has 2 aromatic rings. The summed E-state index contributed by atoms with van der Waals surface area (Å²) in [7, 11) is 0. The number of carbonyl (C=O) groups is 1. The molecule has 0 unspecified atom stereocenters. The van der Waals surface area contributed by atoms with Crippen LogP contribution in [-0.2, 0) is 6.54 Å². The minimum atomic E-state index is -0.997. The molecule has 0 amide bonds. The van der Waals surface area contributed by atoms with Crippen molar-refractivity contribution in [3.05, 3.63) is 64.4 Å². The normalized spacial score (nSPS) is 10.2. The van der Waals surface area contributed by atoms with E-state index in [1.807, 2.05) is 0 Å². The largest absolute Gasteiger partial charge is 0.478 e. The van der Waals surface area contributed by atoms with Crippen molar-refractivity contribution >= 4 is 23.3 Å². The van der Waals surface area contributed by atoms with Crippen LogP contribution in [0.15, 0.2) is 42.5 Å². The first-order valence-electron chi connectivity index (χ1n) is 5.58. The van der Waals surface area contributed by atoms with Crippen LogP contribution in [0.25, 0.3) is 0 Å². The van der Waals surface area contributed by atoms with Crippen LogP contribution in [0.4, 0.5) is 10.1 Å². The summed E-state index contributed by atoms with van der Waals surface area (Å²) in [5.74, 6) is -1.40. The summed E-state index contributed by atoms with van der Waals surface area (Å²) >= 11 is 5.92. The summed E-state index contributed by atoms with van der Waals surface area (Å²) in [6, 6.07) is 10.6. The minimum absolute atomic E-state index is 0.211. The van der Waals surface area contributed by atoms with Gasteiger partial charge in [0.05, 0.1) is 16.3 Å². The van der Waals surface area contributed by atoms with Crippen LogP contribution in [0.5, 0.6) is 0 Å². The van der Waals surface area contributed by atoms with Gasteiger partial charge >= 0.3 is 5.97 Å². The molecule has 0 radical (unpaired) electrons. The van der Waals surface area contributed by atoms with Gasteiger partial charge in [-0.25, -0.2) is 9.18 Å². The van der Waals surface area contributed by atoms with Gasteiger partial charge in [0.2, 0.25) is 0 Å². The number of nitrogens with one attached hydrogen (secondary N) is 1. The summed E-state index contributed by atoms with van der Waals surface area (Å²) in [5.41, 5.74) is 1.25. The van der Waals surface area contributed by atoms with Gasteiger partial charge < -0.3 is 10.4 Å². The number of aromatic carboxylic acids is 1. The quantitative estimate of drug-likeness (QED) is 0.895. The molecule has 2 aromatic carbocycles. The molecule has 0 aromatic heterocycles. The van der Waals surface area contributed by atoms with Gasteiger partial charge in [-0.2, -0.15) is 0 Å². The highest BCUT2D eigenvalue weighted by molar-refractivity contribution is 6.33. The number of halogens is 2. The second-order valence-electron chi connectivity index (χ2n) is 3.94. The monoisotopic (exact) mass is 279 g/mol. The fourth-order valence-corrected chi connectivity index (χ4v) is 1.89. The third-order valence-electron chi connectivity index (χ3n) is 2.65. The molecule has 0 fully saturated rings. The number of benzene rings is 2. The van der Waals surface area contributed by atoms with Crippen molar-refractivity contribution in [1.29, 1.82) is 0 Å². The lowest BCUT2D eigenvalue weighted by molar-refractivity contribution is 0.0696. The second kappa shape index (κ2) is 5.71. The van der Waals surface area contributed by atoms with Crippen molar-refractivity contribution in [3.8, 4) is 0 Å². The summed E-state index contributed by atoms with van der Waals surface area (Å²) in [5, 5.41) is 12.4. The molecule has 0 aliphatic heterocycles. The molecule has 0 saturated carbocycles. The molecule has 0 heterocycles. The van der Waals surface area contributed by atoms with E-state index in [0.717, 1.165) is 0 Å². The first kappa shape index (κ1) is 13.4. The summed E-state index contributed by atoms with van der Waals surface area (Å²) < 4.78 is 13.1. The third kappa shape index (κ3) is 3.23. The van der Waals surface area contributed by atoms with Crippen molar-refractivity contribution in [2.24, 2.45) is 0 Å². The van der Waals surface area contributed by atoms with Crippen LogP contribution >= 0.6 is 11.6 Å². The molecule has 2 N–H and O–H groups in total. The predicted octanol–water partition coefficient (Wildman–Crippen LogP) is 3.79. The maximum absolute atomic E-state index is 13.1. The molecule has 0 aliphatic carbocycles. The standard InChI is InChI=1S/C14H11ClFNO2/c15-12-6-5-10(16)7-13(12)17-8-9-3-1-2-4-11(9)14(18)19/h1-7,17H,8H2,(H,18,19). The topological polar surface area (TPSA) is 49.3 Å². The Balaban J connectivity index is 2.19. The SMILES string of the molecule is O=C(O)c1ccccc1CNc1cc(F)ccc1Cl. The molecule has 0 atom stereocenters. The Hall–Kier alpha value is -2.07. The minimum Gasteiger partial charge on any atom is -0.478 e. The molecule has 0 bridgehead atoms. The first-order chi connectivity index (χ1) is 9.08. The highest BCUT2D eigenvalue weighted by atomic mass is 35.5. The molecular weight excluding hydrogens is 269 g/mol. The predicted molar refractivity (Wildman–Crippen MR) is 72.1 cm³/mol. The molecule has 3 nitrogen and oxygen atoms in total.